The van der Waals surface area contributed by atoms with Crippen molar-refractivity contribution in [1.82, 2.24) is 10.3 Å². The molecular formula is C25H22Cl2N6O3S. The lowest BCUT2D eigenvalue weighted by atomic mass is 9.91. The molecule has 12 heteroatoms. The first-order valence-corrected chi connectivity index (χ1v) is 13.2. The van der Waals surface area contributed by atoms with Crippen LogP contribution in [-0.2, 0) is 14.8 Å². The van der Waals surface area contributed by atoms with Crippen LogP contribution in [-0.4, -0.2) is 43.5 Å². The van der Waals surface area contributed by atoms with Crippen molar-refractivity contribution < 1.29 is 13.2 Å². The number of hydrogen-bond acceptors (Lipinski definition) is 4. The number of guanidine groups is 2. The molecule has 3 N–H and O–H groups in total. The van der Waals surface area contributed by atoms with E-state index in [4.69, 9.17) is 28.9 Å². The summed E-state index contributed by atoms with van der Waals surface area (Å²) in [7, 11) is -4.23. The van der Waals surface area contributed by atoms with Crippen LogP contribution < -0.4 is 11.1 Å². The van der Waals surface area contributed by atoms with Crippen LogP contribution in [0.4, 0.5) is 0 Å². The van der Waals surface area contributed by atoms with Crippen molar-refractivity contribution in [2.45, 2.75) is 17.7 Å². The van der Waals surface area contributed by atoms with Crippen LogP contribution in [0, 0.1) is 0 Å². The molecule has 190 valence electrons. The Kier molecular flexibility index (Phi) is 7.91. The number of hydrogen-bond donors (Lipinski definition) is 2. The molecule has 0 aliphatic carbocycles. The number of hydrazone groups is 1. The summed E-state index contributed by atoms with van der Waals surface area (Å²) in [6.45, 7) is 1.47. The molecule has 0 bridgehead atoms. The van der Waals surface area contributed by atoms with E-state index in [0.29, 0.717) is 15.8 Å². The third-order valence-corrected chi connectivity index (χ3v) is 7.10. The van der Waals surface area contributed by atoms with Gasteiger partial charge >= 0.3 is 0 Å². The average molecular weight is 557 g/mol. The summed E-state index contributed by atoms with van der Waals surface area (Å²) in [6.07, 6.45) is 0. The number of amides is 1. The third kappa shape index (κ3) is 6.53. The molecule has 0 radical (unpaired) electrons. The average Bonchev–Trinajstić information content (AvgIpc) is 3.30. The van der Waals surface area contributed by atoms with E-state index in [1.807, 2.05) is 42.5 Å². The van der Waals surface area contributed by atoms with E-state index in [1.165, 1.54) is 36.2 Å². The van der Waals surface area contributed by atoms with Crippen molar-refractivity contribution in [1.29, 1.82) is 0 Å². The highest BCUT2D eigenvalue weighted by atomic mass is 35.5. The second-order valence-corrected chi connectivity index (χ2v) is 10.5. The Morgan fingerprint density at radius 3 is 2.19 bits per heavy atom. The lowest BCUT2D eigenvalue weighted by Crippen LogP contribution is -2.37. The van der Waals surface area contributed by atoms with E-state index < -0.39 is 15.9 Å². The lowest BCUT2D eigenvalue weighted by Gasteiger charge is -2.16. The summed E-state index contributed by atoms with van der Waals surface area (Å²) in [5.74, 6) is -1.37. The van der Waals surface area contributed by atoms with Crippen molar-refractivity contribution in [3.05, 3.63) is 100 Å². The van der Waals surface area contributed by atoms with Gasteiger partial charge in [0.15, 0.2) is 0 Å². The predicted molar refractivity (Wildman–Crippen MR) is 145 cm³/mol. The zero-order valence-electron chi connectivity index (χ0n) is 19.5. The van der Waals surface area contributed by atoms with Crippen molar-refractivity contribution in [3.8, 4) is 0 Å². The van der Waals surface area contributed by atoms with E-state index in [1.54, 1.807) is 12.1 Å². The first kappa shape index (κ1) is 26.3. The van der Waals surface area contributed by atoms with Gasteiger partial charge in [-0.05, 0) is 47.5 Å². The first-order valence-electron chi connectivity index (χ1n) is 11.0. The second-order valence-electron chi connectivity index (χ2n) is 8.04. The van der Waals surface area contributed by atoms with Gasteiger partial charge in [0, 0.05) is 22.9 Å². The number of nitrogens with zero attached hydrogens (tertiary/aromatic N) is 4. The van der Waals surface area contributed by atoms with E-state index in [-0.39, 0.29) is 29.3 Å². The Morgan fingerprint density at radius 2 is 1.59 bits per heavy atom. The minimum absolute atomic E-state index is 0.0941. The number of sulfonamides is 1. The molecule has 3 aromatic carbocycles. The molecule has 1 atom stereocenters. The van der Waals surface area contributed by atoms with Crippen LogP contribution in [0.1, 0.15) is 24.0 Å². The fourth-order valence-electron chi connectivity index (χ4n) is 3.66. The number of nitrogens with one attached hydrogen (secondary N) is 1. The van der Waals surface area contributed by atoms with Crippen LogP contribution in [0.2, 0.25) is 10.0 Å². The normalized spacial score (nSPS) is 16.5. The van der Waals surface area contributed by atoms with Crippen LogP contribution >= 0.6 is 23.2 Å². The van der Waals surface area contributed by atoms with Gasteiger partial charge in [0.05, 0.1) is 17.2 Å². The summed E-state index contributed by atoms with van der Waals surface area (Å²) in [5, 5.41) is 9.31. The van der Waals surface area contributed by atoms with Gasteiger partial charge in [-0.1, -0.05) is 65.7 Å². The molecule has 4 rings (SSSR count). The van der Waals surface area contributed by atoms with Gasteiger partial charge < -0.3 is 5.73 Å². The number of nitrogens with two attached hydrogens (primary N) is 1. The van der Waals surface area contributed by atoms with Crippen molar-refractivity contribution in [3.63, 3.8) is 0 Å². The highest BCUT2D eigenvalue weighted by Gasteiger charge is 2.32. The van der Waals surface area contributed by atoms with Crippen LogP contribution in [0.5, 0.6) is 0 Å². The maximum atomic E-state index is 13.1. The Morgan fingerprint density at radius 1 is 1.00 bits per heavy atom. The fraction of sp³-hybridized carbons (Fsp3) is 0.120. The Hall–Kier alpha value is -3.73. The maximum Gasteiger partial charge on any atom is 0.285 e. The lowest BCUT2D eigenvalue weighted by molar-refractivity contribution is -0.117. The molecule has 1 aliphatic heterocycles. The van der Waals surface area contributed by atoms with Crippen LogP contribution in [0.3, 0.4) is 0 Å². The summed E-state index contributed by atoms with van der Waals surface area (Å²) < 4.78 is 30.2. The molecule has 1 heterocycles. The first-order chi connectivity index (χ1) is 17.6. The Bertz CT molecular complexity index is 1490. The summed E-state index contributed by atoms with van der Waals surface area (Å²) in [4.78, 5) is 15.5. The van der Waals surface area contributed by atoms with Gasteiger partial charge in [-0.25, -0.2) is 5.01 Å². The number of halogens is 2. The molecular weight excluding hydrogens is 535 g/mol. The second kappa shape index (κ2) is 11.1. The molecule has 0 aromatic heterocycles. The van der Waals surface area contributed by atoms with E-state index in [2.05, 4.69) is 19.8 Å². The molecule has 37 heavy (non-hydrogen) atoms. The van der Waals surface area contributed by atoms with Crippen LogP contribution in [0.15, 0.2) is 98.2 Å². The molecule has 0 saturated carbocycles. The van der Waals surface area contributed by atoms with Gasteiger partial charge in [0.2, 0.25) is 11.9 Å². The van der Waals surface area contributed by atoms with Gasteiger partial charge in [-0.2, -0.15) is 18.5 Å². The van der Waals surface area contributed by atoms with Crippen molar-refractivity contribution >= 4 is 56.8 Å². The molecule has 9 nitrogen and oxygen atoms in total. The summed E-state index contributed by atoms with van der Waals surface area (Å²) >= 11 is 12.0. The number of carbonyl (C=O) groups excluding carboxylic acids is 1. The largest absolute Gasteiger partial charge is 0.369 e. The molecule has 1 aliphatic rings. The zero-order chi connectivity index (χ0) is 26.6. The summed E-state index contributed by atoms with van der Waals surface area (Å²) in [6, 6.07) is 22.3. The van der Waals surface area contributed by atoms with Gasteiger partial charge in [0.1, 0.15) is 0 Å². The molecule has 0 unspecified atom stereocenters. The van der Waals surface area contributed by atoms with E-state index in [0.717, 1.165) is 11.1 Å². The van der Waals surface area contributed by atoms with Crippen molar-refractivity contribution in [2.75, 3.05) is 6.54 Å². The van der Waals surface area contributed by atoms with Gasteiger partial charge in [0.25, 0.3) is 16.0 Å². The van der Waals surface area contributed by atoms with Gasteiger partial charge in [-0.3, -0.25) is 10.1 Å². The number of aliphatic imine (C=N–C) groups is 1. The van der Waals surface area contributed by atoms with Crippen molar-refractivity contribution in [2.24, 2.45) is 20.2 Å². The third-order valence-electron chi connectivity index (χ3n) is 5.32. The standard InChI is InChI=1S/C25H22Cl2N6O3S/c1-16(34)29-24(28)30-25(32-37(35,36)21-13-11-20(27)12-14-21)33-15-22(17-5-3-2-4-6-17)23(31-33)18-7-9-19(26)10-8-18/h2-14,22H,15H2,1H3,(H3,28,29,30,32,34)/t22-/m0/s1. The molecule has 0 fully saturated rings. The topological polar surface area (TPSA) is 130 Å². The number of carbonyl (C=O) groups is 1. The highest BCUT2D eigenvalue weighted by molar-refractivity contribution is 7.90. The van der Waals surface area contributed by atoms with Gasteiger partial charge in [-0.15, -0.1) is 4.40 Å². The zero-order valence-corrected chi connectivity index (χ0v) is 21.9. The smallest absolute Gasteiger partial charge is 0.285 e. The highest BCUT2D eigenvalue weighted by Crippen LogP contribution is 2.30. The maximum absolute atomic E-state index is 13.1. The monoisotopic (exact) mass is 556 g/mol. The molecule has 0 spiro atoms. The Balaban J connectivity index is 1.83. The minimum atomic E-state index is -4.23. The molecule has 0 saturated heterocycles. The number of rotatable bonds is 4. The SMILES string of the molecule is CC(=O)N/C(N)=N\C(=N/S(=O)(=O)c1ccc(Cl)cc1)N1C[C@@H](c2ccccc2)C(c2ccc(Cl)cc2)=N1. The van der Waals surface area contributed by atoms with E-state index >= 15 is 0 Å². The Labute approximate surface area is 224 Å². The van der Waals surface area contributed by atoms with Crippen LogP contribution in [0.25, 0.3) is 0 Å². The fourth-order valence-corrected chi connectivity index (χ4v) is 4.85. The molecule has 1 amide bonds. The minimum Gasteiger partial charge on any atom is -0.369 e. The quantitative estimate of drug-likeness (QED) is 0.370. The molecule has 3 aromatic rings. The van der Waals surface area contributed by atoms with E-state index in [9.17, 15) is 13.2 Å². The summed E-state index contributed by atoms with van der Waals surface area (Å²) in [5.41, 5.74) is 8.27. The predicted octanol–water partition coefficient (Wildman–Crippen LogP) is 3.99. The number of benzene rings is 3.